The van der Waals surface area contributed by atoms with Gasteiger partial charge in [0.15, 0.2) is 0 Å². The van der Waals surface area contributed by atoms with Crippen molar-refractivity contribution < 1.29 is 9.84 Å². The van der Waals surface area contributed by atoms with E-state index in [1.807, 2.05) is 42.5 Å². The average molecular weight is 285 g/mol. The van der Waals surface area contributed by atoms with Crippen molar-refractivity contribution in [1.29, 1.82) is 0 Å². The molecule has 0 radical (unpaired) electrons. The van der Waals surface area contributed by atoms with Gasteiger partial charge in [0.1, 0.15) is 5.75 Å². The summed E-state index contributed by atoms with van der Waals surface area (Å²) in [5.41, 5.74) is 2.38. The molecule has 2 rings (SSSR count). The summed E-state index contributed by atoms with van der Waals surface area (Å²) in [7, 11) is 0. The van der Waals surface area contributed by atoms with E-state index < -0.39 is 0 Å². The summed E-state index contributed by atoms with van der Waals surface area (Å²) in [5, 5.41) is 12.0. The maximum Gasteiger partial charge on any atom is 0.119 e. The Kier molecular flexibility index (Phi) is 6.62. The van der Waals surface area contributed by atoms with E-state index in [0.717, 1.165) is 37.2 Å². The highest BCUT2D eigenvalue weighted by Gasteiger charge is 1.97. The molecule has 2 aromatic carbocycles. The van der Waals surface area contributed by atoms with Crippen molar-refractivity contribution in [2.45, 2.75) is 19.3 Å². The fourth-order valence-electron chi connectivity index (χ4n) is 2.07. The summed E-state index contributed by atoms with van der Waals surface area (Å²) in [6.45, 7) is 1.83. The van der Waals surface area contributed by atoms with E-state index in [2.05, 4.69) is 17.4 Å². The van der Waals surface area contributed by atoms with Crippen molar-refractivity contribution in [3.05, 3.63) is 60.2 Å². The van der Waals surface area contributed by atoms with Crippen LogP contribution in [-0.2, 0) is 6.42 Å². The molecule has 0 aromatic heterocycles. The molecule has 0 fully saturated rings. The summed E-state index contributed by atoms with van der Waals surface area (Å²) < 4.78 is 5.75. The number of benzene rings is 2. The van der Waals surface area contributed by atoms with Crippen molar-refractivity contribution in [3.63, 3.8) is 0 Å². The third-order valence-electron chi connectivity index (χ3n) is 3.27. The molecule has 0 saturated heterocycles. The Hall–Kier alpha value is -2.00. The molecule has 112 valence electrons. The number of aliphatic hydroxyl groups is 1. The molecule has 2 N–H and O–H groups in total. The monoisotopic (exact) mass is 285 g/mol. The maximum atomic E-state index is 8.72. The molecular formula is C18H23NO2. The number of rotatable bonds is 9. The lowest BCUT2D eigenvalue weighted by Gasteiger charge is -2.09. The number of hydrogen-bond donors (Lipinski definition) is 2. The summed E-state index contributed by atoms with van der Waals surface area (Å²) in [6, 6.07) is 18.4. The van der Waals surface area contributed by atoms with Crippen molar-refractivity contribution >= 4 is 5.69 Å². The maximum absolute atomic E-state index is 8.72. The van der Waals surface area contributed by atoms with E-state index in [9.17, 15) is 0 Å². The first kappa shape index (κ1) is 15.4. The van der Waals surface area contributed by atoms with Crippen LogP contribution >= 0.6 is 0 Å². The van der Waals surface area contributed by atoms with Gasteiger partial charge in [-0.25, -0.2) is 0 Å². The minimum absolute atomic E-state index is 0.260. The highest BCUT2D eigenvalue weighted by molar-refractivity contribution is 5.46. The van der Waals surface area contributed by atoms with Crippen molar-refractivity contribution in [1.82, 2.24) is 0 Å². The molecule has 0 heterocycles. The van der Waals surface area contributed by atoms with E-state index >= 15 is 0 Å². The van der Waals surface area contributed by atoms with Crippen molar-refractivity contribution in [2.75, 3.05) is 25.1 Å². The standard InChI is InChI=1S/C18H23NO2/c20-14-5-4-13-19-17-8-10-18(11-9-17)21-15-12-16-6-2-1-3-7-16/h1-3,6-11,19-20H,4-5,12-15H2. The van der Waals surface area contributed by atoms with Crippen LogP contribution < -0.4 is 10.1 Å². The van der Waals surface area contributed by atoms with Crippen LogP contribution in [0.5, 0.6) is 5.75 Å². The molecule has 0 aliphatic rings. The third-order valence-corrected chi connectivity index (χ3v) is 3.27. The first-order valence-corrected chi connectivity index (χ1v) is 7.50. The Bertz CT molecular complexity index is 496. The molecule has 0 bridgehead atoms. The van der Waals surface area contributed by atoms with Gasteiger partial charge in [-0.05, 0) is 42.7 Å². The molecule has 0 amide bonds. The van der Waals surface area contributed by atoms with E-state index in [0.29, 0.717) is 6.61 Å². The number of anilines is 1. The largest absolute Gasteiger partial charge is 0.493 e. The molecule has 0 unspecified atom stereocenters. The first-order chi connectivity index (χ1) is 10.4. The van der Waals surface area contributed by atoms with Gasteiger partial charge < -0.3 is 15.2 Å². The van der Waals surface area contributed by atoms with Crippen LogP contribution in [0.3, 0.4) is 0 Å². The zero-order valence-electron chi connectivity index (χ0n) is 12.3. The van der Waals surface area contributed by atoms with E-state index in [1.54, 1.807) is 0 Å². The van der Waals surface area contributed by atoms with Crippen LogP contribution in [-0.4, -0.2) is 24.9 Å². The third kappa shape index (κ3) is 5.88. The van der Waals surface area contributed by atoms with Crippen molar-refractivity contribution in [2.24, 2.45) is 0 Å². The number of nitrogens with one attached hydrogen (secondary N) is 1. The van der Waals surface area contributed by atoms with Crippen LogP contribution in [0.2, 0.25) is 0 Å². The quantitative estimate of drug-likeness (QED) is 0.693. The zero-order chi connectivity index (χ0) is 14.8. The number of unbranched alkanes of at least 4 members (excludes halogenated alkanes) is 1. The summed E-state index contributed by atoms with van der Waals surface area (Å²) >= 11 is 0. The van der Waals surface area contributed by atoms with E-state index in [-0.39, 0.29) is 6.61 Å². The minimum atomic E-state index is 0.260. The predicted octanol–water partition coefficient (Wildman–Crippen LogP) is 3.49. The van der Waals surface area contributed by atoms with Gasteiger partial charge >= 0.3 is 0 Å². The van der Waals surface area contributed by atoms with Crippen LogP contribution in [0.15, 0.2) is 54.6 Å². The average Bonchev–Trinajstić information content (AvgIpc) is 2.54. The summed E-state index contributed by atoms with van der Waals surface area (Å²) in [5.74, 6) is 0.895. The second kappa shape index (κ2) is 9.03. The first-order valence-electron chi connectivity index (χ1n) is 7.50. The molecule has 0 spiro atoms. The highest BCUT2D eigenvalue weighted by atomic mass is 16.5. The van der Waals surface area contributed by atoms with Crippen LogP contribution in [0.1, 0.15) is 18.4 Å². The molecule has 0 aliphatic heterocycles. The van der Waals surface area contributed by atoms with Crippen LogP contribution in [0.25, 0.3) is 0 Å². The smallest absolute Gasteiger partial charge is 0.119 e. The van der Waals surface area contributed by atoms with Crippen molar-refractivity contribution in [3.8, 4) is 5.75 Å². The number of hydrogen-bond acceptors (Lipinski definition) is 3. The minimum Gasteiger partial charge on any atom is -0.493 e. The van der Waals surface area contributed by atoms with Gasteiger partial charge in [-0.2, -0.15) is 0 Å². The number of aliphatic hydroxyl groups excluding tert-OH is 1. The molecule has 0 atom stereocenters. The Labute approximate surface area is 126 Å². The second-order valence-corrected chi connectivity index (χ2v) is 4.97. The Morgan fingerprint density at radius 2 is 1.67 bits per heavy atom. The van der Waals surface area contributed by atoms with E-state index in [1.165, 1.54) is 5.56 Å². The van der Waals surface area contributed by atoms with Gasteiger partial charge in [-0.1, -0.05) is 30.3 Å². The fourth-order valence-corrected chi connectivity index (χ4v) is 2.07. The number of ether oxygens (including phenoxy) is 1. The second-order valence-electron chi connectivity index (χ2n) is 4.97. The molecule has 0 saturated carbocycles. The lowest BCUT2D eigenvalue weighted by molar-refractivity contribution is 0.286. The van der Waals surface area contributed by atoms with Crippen LogP contribution in [0.4, 0.5) is 5.69 Å². The molecule has 2 aromatic rings. The highest BCUT2D eigenvalue weighted by Crippen LogP contribution is 2.16. The molecular weight excluding hydrogens is 262 g/mol. The SMILES string of the molecule is OCCCCNc1ccc(OCCc2ccccc2)cc1. The fraction of sp³-hybridized carbons (Fsp3) is 0.333. The van der Waals surface area contributed by atoms with E-state index in [4.69, 9.17) is 9.84 Å². The summed E-state index contributed by atoms with van der Waals surface area (Å²) in [4.78, 5) is 0. The van der Waals surface area contributed by atoms with Gasteiger partial charge in [0.2, 0.25) is 0 Å². The van der Waals surface area contributed by atoms with Crippen LogP contribution in [0, 0.1) is 0 Å². The Morgan fingerprint density at radius 1 is 0.905 bits per heavy atom. The Balaban J connectivity index is 1.69. The zero-order valence-corrected chi connectivity index (χ0v) is 12.3. The topological polar surface area (TPSA) is 41.5 Å². The molecule has 3 heteroatoms. The normalized spacial score (nSPS) is 10.3. The van der Waals surface area contributed by atoms with Gasteiger partial charge in [-0.3, -0.25) is 0 Å². The lowest BCUT2D eigenvalue weighted by Crippen LogP contribution is -2.03. The van der Waals surface area contributed by atoms with Gasteiger partial charge in [0.25, 0.3) is 0 Å². The van der Waals surface area contributed by atoms with Gasteiger partial charge in [0, 0.05) is 25.3 Å². The summed E-state index contributed by atoms with van der Waals surface area (Å²) in [6.07, 6.45) is 2.74. The van der Waals surface area contributed by atoms with Gasteiger partial charge in [-0.15, -0.1) is 0 Å². The van der Waals surface area contributed by atoms with Gasteiger partial charge in [0.05, 0.1) is 6.61 Å². The molecule has 21 heavy (non-hydrogen) atoms. The Morgan fingerprint density at radius 3 is 2.38 bits per heavy atom. The lowest BCUT2D eigenvalue weighted by atomic mass is 10.2. The molecule has 3 nitrogen and oxygen atoms in total. The predicted molar refractivity (Wildman–Crippen MR) is 86.9 cm³/mol. The molecule has 0 aliphatic carbocycles.